The first-order valence-electron chi connectivity index (χ1n) is 6.66. The summed E-state index contributed by atoms with van der Waals surface area (Å²) in [6.45, 7) is 4.38. The fourth-order valence-electron chi connectivity index (χ4n) is 2.78. The molecule has 0 saturated heterocycles. The molecule has 4 heteroatoms. The van der Waals surface area contributed by atoms with Crippen LogP contribution in [0.1, 0.15) is 39.5 Å². The topological polar surface area (TPSA) is 29.1 Å². The fraction of sp³-hybridized carbons (Fsp3) is 0.533. The third-order valence-electron chi connectivity index (χ3n) is 4.01. The zero-order valence-electron chi connectivity index (χ0n) is 11.3. The summed E-state index contributed by atoms with van der Waals surface area (Å²) in [5.74, 6) is 0.217. The highest BCUT2D eigenvalue weighted by Gasteiger charge is 2.37. The van der Waals surface area contributed by atoms with Crippen LogP contribution in [-0.4, -0.2) is 5.91 Å². The van der Waals surface area contributed by atoms with Gasteiger partial charge in [0.15, 0.2) is 0 Å². The molecule has 1 amide bonds. The van der Waals surface area contributed by atoms with E-state index in [4.69, 9.17) is 11.6 Å². The van der Waals surface area contributed by atoms with Crippen molar-refractivity contribution in [3.63, 3.8) is 0 Å². The van der Waals surface area contributed by atoms with Crippen LogP contribution in [-0.2, 0) is 4.79 Å². The summed E-state index contributed by atoms with van der Waals surface area (Å²) in [5.41, 5.74) is 0.883. The van der Waals surface area contributed by atoms with E-state index in [2.05, 4.69) is 35.1 Å². The summed E-state index contributed by atoms with van der Waals surface area (Å²) in [5, 5.41) is 3.66. The Kier molecular flexibility index (Phi) is 4.57. The molecule has 1 aliphatic carbocycles. The second-order valence-electron chi connectivity index (χ2n) is 5.91. The zero-order valence-corrected chi connectivity index (χ0v) is 13.6. The number of rotatable bonds is 2. The molecular weight excluding hydrogens is 326 g/mol. The lowest BCUT2D eigenvalue weighted by Gasteiger charge is -2.37. The number of amides is 1. The van der Waals surface area contributed by atoms with Crippen LogP contribution >= 0.6 is 27.5 Å². The lowest BCUT2D eigenvalue weighted by Crippen LogP contribution is -2.37. The predicted molar refractivity (Wildman–Crippen MR) is 83.5 cm³/mol. The molecule has 1 atom stereocenters. The van der Waals surface area contributed by atoms with Gasteiger partial charge in [0.1, 0.15) is 0 Å². The molecule has 0 spiro atoms. The Morgan fingerprint density at radius 1 is 1.42 bits per heavy atom. The monoisotopic (exact) mass is 343 g/mol. The Labute approximate surface area is 128 Å². The summed E-state index contributed by atoms with van der Waals surface area (Å²) in [6, 6.07) is 5.46. The molecule has 2 nitrogen and oxygen atoms in total. The molecule has 1 unspecified atom stereocenters. The van der Waals surface area contributed by atoms with Gasteiger partial charge in [-0.3, -0.25) is 4.79 Å². The first kappa shape index (κ1) is 14.9. The van der Waals surface area contributed by atoms with Crippen LogP contribution in [0.25, 0.3) is 0 Å². The van der Waals surface area contributed by atoms with Crippen LogP contribution in [0.15, 0.2) is 22.7 Å². The summed E-state index contributed by atoms with van der Waals surface area (Å²) in [7, 11) is 0. The van der Waals surface area contributed by atoms with Gasteiger partial charge in [-0.25, -0.2) is 0 Å². The molecule has 0 aliphatic heterocycles. The Bertz CT molecular complexity index is 487. The van der Waals surface area contributed by atoms with Crippen molar-refractivity contribution in [2.45, 2.75) is 39.5 Å². The van der Waals surface area contributed by atoms with E-state index in [0.29, 0.717) is 5.02 Å². The van der Waals surface area contributed by atoms with Crippen LogP contribution in [0.4, 0.5) is 5.69 Å². The Morgan fingerprint density at radius 3 is 2.79 bits per heavy atom. The normalized spacial score (nSPS) is 22.0. The van der Waals surface area contributed by atoms with Gasteiger partial charge in [-0.2, -0.15) is 0 Å². The largest absolute Gasteiger partial charge is 0.326 e. The fourth-order valence-corrected chi connectivity index (χ4v) is 3.28. The first-order valence-corrected chi connectivity index (χ1v) is 7.83. The minimum Gasteiger partial charge on any atom is -0.326 e. The quantitative estimate of drug-likeness (QED) is 0.779. The average molecular weight is 345 g/mol. The smallest absolute Gasteiger partial charge is 0.228 e. The summed E-state index contributed by atoms with van der Waals surface area (Å²) in [4.78, 5) is 12.4. The maximum absolute atomic E-state index is 12.4. The van der Waals surface area contributed by atoms with E-state index in [-0.39, 0.29) is 17.2 Å². The highest BCUT2D eigenvalue weighted by molar-refractivity contribution is 9.10. The van der Waals surface area contributed by atoms with Crippen molar-refractivity contribution < 1.29 is 4.79 Å². The van der Waals surface area contributed by atoms with Gasteiger partial charge in [0.05, 0.1) is 5.02 Å². The van der Waals surface area contributed by atoms with Crippen molar-refractivity contribution in [3.05, 3.63) is 27.7 Å². The van der Waals surface area contributed by atoms with Gasteiger partial charge in [-0.1, -0.05) is 38.3 Å². The van der Waals surface area contributed by atoms with Crippen molar-refractivity contribution in [2.24, 2.45) is 11.3 Å². The molecule has 1 N–H and O–H groups in total. The highest BCUT2D eigenvalue weighted by atomic mass is 79.9. The van der Waals surface area contributed by atoms with Gasteiger partial charge in [-0.05, 0) is 52.4 Å². The number of hydrogen-bond donors (Lipinski definition) is 1. The van der Waals surface area contributed by atoms with Crippen molar-refractivity contribution in [1.82, 2.24) is 0 Å². The molecular formula is C15H19BrClNO. The Balaban J connectivity index is 2.09. The van der Waals surface area contributed by atoms with E-state index in [0.717, 1.165) is 29.4 Å². The van der Waals surface area contributed by atoms with Crippen LogP contribution in [0, 0.1) is 11.3 Å². The molecule has 1 saturated carbocycles. The van der Waals surface area contributed by atoms with E-state index in [1.165, 1.54) is 6.42 Å². The predicted octanol–water partition coefficient (Wildman–Crippen LogP) is 5.26. The van der Waals surface area contributed by atoms with Crippen molar-refractivity contribution in [3.8, 4) is 0 Å². The van der Waals surface area contributed by atoms with Gasteiger partial charge in [0.2, 0.25) is 5.91 Å². The SMILES string of the molecule is CC1(C)CCCCC1C(=O)Nc1ccc(Cl)c(Br)c1. The van der Waals surface area contributed by atoms with Crippen LogP contribution in [0.5, 0.6) is 0 Å². The molecule has 2 rings (SSSR count). The number of halogens is 2. The third kappa shape index (κ3) is 3.51. The van der Waals surface area contributed by atoms with E-state index >= 15 is 0 Å². The molecule has 0 aromatic heterocycles. The zero-order chi connectivity index (χ0) is 14.0. The molecule has 0 heterocycles. The van der Waals surface area contributed by atoms with Gasteiger partial charge in [-0.15, -0.1) is 0 Å². The maximum atomic E-state index is 12.4. The molecule has 0 radical (unpaired) electrons. The standard InChI is InChI=1S/C15H19BrClNO/c1-15(2)8-4-3-5-11(15)14(19)18-10-6-7-13(17)12(16)9-10/h6-7,9,11H,3-5,8H2,1-2H3,(H,18,19). The lowest BCUT2D eigenvalue weighted by molar-refractivity contribution is -0.124. The molecule has 1 aromatic rings. The van der Waals surface area contributed by atoms with E-state index in [1.807, 2.05) is 12.1 Å². The second-order valence-corrected chi connectivity index (χ2v) is 7.17. The Morgan fingerprint density at radius 2 is 2.16 bits per heavy atom. The second kappa shape index (κ2) is 5.84. The summed E-state index contributed by atoms with van der Waals surface area (Å²) < 4.78 is 0.801. The number of anilines is 1. The van der Waals surface area contributed by atoms with Crippen LogP contribution < -0.4 is 5.32 Å². The molecule has 19 heavy (non-hydrogen) atoms. The van der Waals surface area contributed by atoms with E-state index in [9.17, 15) is 4.79 Å². The Hall–Kier alpha value is -0.540. The molecule has 1 aromatic carbocycles. The van der Waals surface area contributed by atoms with E-state index in [1.54, 1.807) is 6.07 Å². The number of hydrogen-bond acceptors (Lipinski definition) is 1. The molecule has 1 aliphatic rings. The van der Waals surface area contributed by atoms with Crippen molar-refractivity contribution >= 4 is 39.1 Å². The number of nitrogens with one attached hydrogen (secondary N) is 1. The van der Waals surface area contributed by atoms with Gasteiger partial charge < -0.3 is 5.32 Å². The number of carbonyl (C=O) groups is 1. The first-order chi connectivity index (χ1) is 8.90. The van der Waals surface area contributed by atoms with Gasteiger partial charge in [0, 0.05) is 16.1 Å². The minimum atomic E-state index is 0.0893. The highest BCUT2D eigenvalue weighted by Crippen LogP contribution is 2.41. The van der Waals surface area contributed by atoms with Crippen LogP contribution in [0.3, 0.4) is 0 Å². The lowest BCUT2D eigenvalue weighted by atomic mass is 9.68. The van der Waals surface area contributed by atoms with Crippen molar-refractivity contribution in [2.75, 3.05) is 5.32 Å². The summed E-state index contributed by atoms with van der Waals surface area (Å²) in [6.07, 6.45) is 4.47. The number of carbonyl (C=O) groups excluding carboxylic acids is 1. The van der Waals surface area contributed by atoms with Crippen molar-refractivity contribution in [1.29, 1.82) is 0 Å². The maximum Gasteiger partial charge on any atom is 0.228 e. The van der Waals surface area contributed by atoms with Gasteiger partial charge >= 0.3 is 0 Å². The molecule has 1 fully saturated rings. The third-order valence-corrected chi connectivity index (χ3v) is 5.22. The van der Waals surface area contributed by atoms with E-state index < -0.39 is 0 Å². The van der Waals surface area contributed by atoms with Crippen LogP contribution in [0.2, 0.25) is 5.02 Å². The summed E-state index contributed by atoms with van der Waals surface area (Å²) >= 11 is 9.32. The molecule has 104 valence electrons. The minimum absolute atomic E-state index is 0.0893. The molecule has 0 bridgehead atoms. The van der Waals surface area contributed by atoms with Gasteiger partial charge in [0.25, 0.3) is 0 Å². The number of benzene rings is 1. The average Bonchev–Trinajstić information content (AvgIpc) is 2.33.